The third-order valence-electron chi connectivity index (χ3n) is 3.90. The van der Waals surface area contributed by atoms with Crippen LogP contribution >= 0.6 is 31.9 Å². The van der Waals surface area contributed by atoms with Gasteiger partial charge < -0.3 is 9.32 Å². The third-order valence-corrected chi connectivity index (χ3v) is 4.95. The van der Waals surface area contributed by atoms with Crippen molar-refractivity contribution in [2.75, 3.05) is 13.1 Å². The lowest BCUT2D eigenvalue weighted by Gasteiger charge is -2.34. The van der Waals surface area contributed by atoms with Gasteiger partial charge in [-0.15, -0.1) is 0 Å². The Morgan fingerprint density at radius 1 is 1.19 bits per heavy atom. The Morgan fingerprint density at radius 2 is 1.86 bits per heavy atom. The molecule has 0 bridgehead atoms. The van der Waals surface area contributed by atoms with Gasteiger partial charge in [-0.3, -0.25) is 4.79 Å². The molecule has 3 nitrogen and oxygen atoms in total. The first-order chi connectivity index (χ1) is 9.94. The van der Waals surface area contributed by atoms with Crippen molar-refractivity contribution in [3.8, 4) is 0 Å². The monoisotopic (exact) mass is 413 g/mol. The number of fused-ring (bicyclic) bond motifs is 1. The van der Waals surface area contributed by atoms with Gasteiger partial charge in [0.1, 0.15) is 5.58 Å². The Kier molecular flexibility index (Phi) is 4.14. The van der Waals surface area contributed by atoms with Crippen LogP contribution in [0.3, 0.4) is 0 Å². The summed E-state index contributed by atoms with van der Waals surface area (Å²) in [5.41, 5.74) is 0.722. The van der Waals surface area contributed by atoms with E-state index < -0.39 is 0 Å². The number of carbonyl (C=O) groups is 1. The Bertz CT molecular complexity index is 685. The summed E-state index contributed by atoms with van der Waals surface area (Å²) in [4.78, 5) is 14.6. The van der Waals surface area contributed by atoms with Crippen LogP contribution in [0.5, 0.6) is 0 Å². The van der Waals surface area contributed by atoms with E-state index in [1.165, 1.54) is 6.42 Å². The average molecular weight is 415 g/mol. The number of piperidine rings is 1. The van der Waals surface area contributed by atoms with Crippen molar-refractivity contribution in [1.29, 1.82) is 0 Å². The Balaban J connectivity index is 1.93. The predicted octanol–water partition coefficient (Wildman–Crippen LogP) is 5.08. The molecule has 2 heterocycles. The second-order valence-corrected chi connectivity index (χ2v) is 7.84. The van der Waals surface area contributed by atoms with Crippen molar-refractivity contribution in [2.45, 2.75) is 20.3 Å². The summed E-state index contributed by atoms with van der Waals surface area (Å²) in [7, 11) is 0. The van der Waals surface area contributed by atoms with Crippen LogP contribution in [-0.4, -0.2) is 23.9 Å². The molecule has 112 valence electrons. The van der Waals surface area contributed by atoms with Gasteiger partial charge in [-0.25, -0.2) is 0 Å². The Morgan fingerprint density at radius 3 is 2.52 bits per heavy atom. The fourth-order valence-electron chi connectivity index (χ4n) is 3.17. The highest BCUT2D eigenvalue weighted by Crippen LogP contribution is 2.32. The molecule has 0 spiro atoms. The quantitative estimate of drug-likeness (QED) is 0.652. The first kappa shape index (κ1) is 15.1. The molecule has 0 N–H and O–H groups in total. The molecule has 1 aliphatic heterocycles. The molecule has 1 amide bonds. The normalized spacial score (nSPS) is 22.8. The molecular formula is C16H17Br2NO2. The summed E-state index contributed by atoms with van der Waals surface area (Å²) in [6.07, 6.45) is 1.18. The van der Waals surface area contributed by atoms with Crippen LogP contribution in [-0.2, 0) is 0 Å². The highest BCUT2D eigenvalue weighted by molar-refractivity contribution is 9.11. The average Bonchev–Trinajstić information content (AvgIpc) is 2.80. The molecule has 0 radical (unpaired) electrons. The van der Waals surface area contributed by atoms with E-state index in [0.717, 1.165) is 33.0 Å². The van der Waals surface area contributed by atoms with Gasteiger partial charge in [0.2, 0.25) is 0 Å². The molecule has 3 rings (SSSR count). The van der Waals surface area contributed by atoms with Crippen LogP contribution in [0.15, 0.2) is 31.6 Å². The number of furan rings is 1. The van der Waals surface area contributed by atoms with Crippen molar-refractivity contribution in [2.24, 2.45) is 11.8 Å². The number of likely N-dealkylation sites (tertiary alicyclic amines) is 1. The van der Waals surface area contributed by atoms with Gasteiger partial charge in [0, 0.05) is 22.9 Å². The van der Waals surface area contributed by atoms with Gasteiger partial charge in [-0.1, -0.05) is 29.8 Å². The Labute approximate surface area is 140 Å². The highest BCUT2D eigenvalue weighted by atomic mass is 79.9. The lowest BCUT2D eigenvalue weighted by molar-refractivity contribution is 0.0594. The zero-order valence-electron chi connectivity index (χ0n) is 12.0. The number of hydrogen-bond acceptors (Lipinski definition) is 2. The van der Waals surface area contributed by atoms with E-state index >= 15 is 0 Å². The van der Waals surface area contributed by atoms with Crippen LogP contribution in [0.25, 0.3) is 11.0 Å². The molecule has 0 unspecified atom stereocenters. The highest BCUT2D eigenvalue weighted by Gasteiger charge is 2.28. The summed E-state index contributed by atoms with van der Waals surface area (Å²) in [5.74, 6) is 1.50. The molecule has 21 heavy (non-hydrogen) atoms. The van der Waals surface area contributed by atoms with E-state index in [4.69, 9.17) is 4.42 Å². The molecule has 2 atom stereocenters. The first-order valence-corrected chi connectivity index (χ1v) is 8.70. The van der Waals surface area contributed by atoms with Gasteiger partial charge in [0.25, 0.3) is 5.91 Å². The molecule has 1 aliphatic rings. The molecule has 0 saturated carbocycles. The minimum absolute atomic E-state index is 0.00683. The number of rotatable bonds is 1. The second kappa shape index (κ2) is 5.76. The first-order valence-electron chi connectivity index (χ1n) is 7.12. The van der Waals surface area contributed by atoms with Crippen molar-refractivity contribution in [1.82, 2.24) is 4.90 Å². The van der Waals surface area contributed by atoms with Crippen molar-refractivity contribution < 1.29 is 9.21 Å². The van der Waals surface area contributed by atoms with Crippen LogP contribution in [0.2, 0.25) is 0 Å². The largest absolute Gasteiger partial charge is 0.450 e. The van der Waals surface area contributed by atoms with E-state index in [1.807, 2.05) is 23.1 Å². The lowest BCUT2D eigenvalue weighted by atomic mass is 9.92. The van der Waals surface area contributed by atoms with Crippen molar-refractivity contribution >= 4 is 48.7 Å². The third kappa shape index (κ3) is 3.04. The number of carbonyl (C=O) groups excluding carboxylic acids is 1. The van der Waals surface area contributed by atoms with Crippen molar-refractivity contribution in [3.05, 3.63) is 32.9 Å². The summed E-state index contributed by atoms with van der Waals surface area (Å²) in [6, 6.07) is 5.71. The predicted molar refractivity (Wildman–Crippen MR) is 90.5 cm³/mol. The SMILES string of the molecule is C[C@H]1C[C@H](C)CN(C(=O)c2cc3cc(Br)cc(Br)c3o2)C1. The fourth-order valence-corrected chi connectivity index (χ4v) is 4.51. The zero-order valence-corrected chi connectivity index (χ0v) is 15.2. The van der Waals surface area contributed by atoms with E-state index in [0.29, 0.717) is 17.6 Å². The van der Waals surface area contributed by atoms with Crippen LogP contribution < -0.4 is 0 Å². The standard InChI is InChI=1S/C16H17Br2NO2/c1-9-3-10(2)8-19(7-9)16(20)14-5-11-4-12(17)6-13(18)15(11)21-14/h4-6,9-10H,3,7-8H2,1-2H3/t9-,10-/m0/s1. The fraction of sp³-hybridized carbons (Fsp3) is 0.438. The number of halogens is 2. The van der Waals surface area contributed by atoms with Gasteiger partial charge in [0.05, 0.1) is 4.47 Å². The number of amides is 1. The van der Waals surface area contributed by atoms with E-state index in [-0.39, 0.29) is 5.91 Å². The summed E-state index contributed by atoms with van der Waals surface area (Å²) >= 11 is 6.93. The van der Waals surface area contributed by atoms with Crippen LogP contribution in [0.4, 0.5) is 0 Å². The minimum atomic E-state index is -0.00683. The molecule has 2 aromatic rings. The molecule has 5 heteroatoms. The molecule has 1 aromatic carbocycles. The van der Waals surface area contributed by atoms with E-state index in [9.17, 15) is 4.79 Å². The van der Waals surface area contributed by atoms with Gasteiger partial charge in [0.15, 0.2) is 5.76 Å². The summed E-state index contributed by atoms with van der Waals surface area (Å²) in [5, 5.41) is 0.928. The smallest absolute Gasteiger partial charge is 0.289 e. The summed E-state index contributed by atoms with van der Waals surface area (Å²) in [6.45, 7) is 6.01. The maximum absolute atomic E-state index is 12.7. The lowest BCUT2D eigenvalue weighted by Crippen LogP contribution is -2.42. The van der Waals surface area contributed by atoms with E-state index in [2.05, 4.69) is 45.7 Å². The summed E-state index contributed by atoms with van der Waals surface area (Å²) < 4.78 is 7.59. The van der Waals surface area contributed by atoms with Gasteiger partial charge in [-0.05, 0) is 52.4 Å². The van der Waals surface area contributed by atoms with E-state index in [1.54, 1.807) is 0 Å². The maximum atomic E-state index is 12.7. The van der Waals surface area contributed by atoms with Crippen LogP contribution in [0.1, 0.15) is 30.8 Å². The molecule has 1 saturated heterocycles. The van der Waals surface area contributed by atoms with Gasteiger partial charge >= 0.3 is 0 Å². The molecule has 0 aliphatic carbocycles. The second-order valence-electron chi connectivity index (χ2n) is 6.07. The number of benzene rings is 1. The topological polar surface area (TPSA) is 33.5 Å². The number of nitrogens with zero attached hydrogens (tertiary/aromatic N) is 1. The Hall–Kier alpha value is -0.810. The van der Waals surface area contributed by atoms with Crippen LogP contribution in [0, 0.1) is 11.8 Å². The zero-order chi connectivity index (χ0) is 15.1. The minimum Gasteiger partial charge on any atom is -0.450 e. The van der Waals surface area contributed by atoms with Gasteiger partial charge in [-0.2, -0.15) is 0 Å². The molecule has 1 aromatic heterocycles. The molecular weight excluding hydrogens is 398 g/mol. The molecule has 1 fully saturated rings. The van der Waals surface area contributed by atoms with Crippen molar-refractivity contribution in [3.63, 3.8) is 0 Å². The maximum Gasteiger partial charge on any atom is 0.289 e. The number of hydrogen-bond donors (Lipinski definition) is 0.